The van der Waals surface area contributed by atoms with E-state index in [9.17, 15) is 4.79 Å². The molecular weight excluding hydrogens is 180 g/mol. The van der Waals surface area contributed by atoms with Crippen LogP contribution >= 0.6 is 11.8 Å². The smallest absolute Gasteiger partial charge is 0.141 e. The van der Waals surface area contributed by atoms with Crippen molar-refractivity contribution < 1.29 is 4.79 Å². The first-order valence-electron chi connectivity index (χ1n) is 5.57. The molecule has 0 spiro atoms. The molecule has 1 nitrogen and oxygen atoms in total. The molecule has 0 aromatic heterocycles. The molecule has 3 aliphatic carbocycles. The van der Waals surface area contributed by atoms with Gasteiger partial charge in [-0.3, -0.25) is 4.79 Å². The average Bonchev–Trinajstić information content (AvgIpc) is 2.42. The van der Waals surface area contributed by atoms with Crippen molar-refractivity contribution in [1.29, 1.82) is 0 Å². The summed E-state index contributed by atoms with van der Waals surface area (Å²) < 4.78 is 0. The molecule has 8 atom stereocenters. The van der Waals surface area contributed by atoms with E-state index in [1.54, 1.807) is 0 Å². The van der Waals surface area contributed by atoms with Crippen LogP contribution in [0.25, 0.3) is 0 Å². The molecule has 0 N–H and O–H groups in total. The molecule has 3 saturated carbocycles. The van der Waals surface area contributed by atoms with Gasteiger partial charge in [0, 0.05) is 22.3 Å². The number of Topliss-reactive ketones (excluding diaryl/α,β-unsaturated/α-hetero) is 1. The zero-order valence-electron chi connectivity index (χ0n) is 7.35. The van der Waals surface area contributed by atoms with E-state index in [1.165, 1.54) is 12.8 Å². The molecule has 0 amide bonds. The summed E-state index contributed by atoms with van der Waals surface area (Å²) in [5.74, 6) is 5.48. The molecule has 4 fully saturated rings. The molecule has 1 saturated heterocycles. The van der Waals surface area contributed by atoms with Crippen LogP contribution in [0.5, 0.6) is 0 Å². The number of hydrogen-bond donors (Lipinski definition) is 0. The molecule has 0 aromatic rings. The zero-order chi connectivity index (χ0) is 8.32. The summed E-state index contributed by atoms with van der Waals surface area (Å²) in [6.07, 6.45) is 2.85. The molecule has 4 rings (SSSR count). The van der Waals surface area contributed by atoms with Crippen LogP contribution < -0.4 is 0 Å². The van der Waals surface area contributed by atoms with E-state index in [4.69, 9.17) is 0 Å². The predicted octanol–water partition coefficient (Wildman–Crippen LogP) is 1.57. The van der Waals surface area contributed by atoms with Crippen LogP contribution in [0.3, 0.4) is 0 Å². The number of carbonyl (C=O) groups is 1. The van der Waals surface area contributed by atoms with Gasteiger partial charge in [-0.2, -0.15) is 11.8 Å². The van der Waals surface area contributed by atoms with E-state index >= 15 is 0 Å². The highest BCUT2D eigenvalue weighted by atomic mass is 32.2. The molecule has 1 aliphatic heterocycles. The lowest BCUT2D eigenvalue weighted by Crippen LogP contribution is -2.53. The molecule has 1 heterocycles. The second-order valence-corrected chi connectivity index (χ2v) is 6.94. The molecule has 68 valence electrons. The number of rotatable bonds is 0. The first kappa shape index (κ1) is 6.49. The number of hydrogen-bond acceptors (Lipinski definition) is 2. The van der Waals surface area contributed by atoms with Crippen LogP contribution in [0.1, 0.15) is 12.8 Å². The van der Waals surface area contributed by atoms with Crippen molar-refractivity contribution in [2.75, 3.05) is 0 Å². The highest BCUT2D eigenvalue weighted by molar-refractivity contribution is 8.01. The van der Waals surface area contributed by atoms with Gasteiger partial charge in [0.25, 0.3) is 0 Å². The van der Waals surface area contributed by atoms with Gasteiger partial charge in [0.05, 0.1) is 0 Å². The Morgan fingerprint density at radius 1 is 1.00 bits per heavy atom. The highest BCUT2D eigenvalue weighted by Crippen LogP contribution is 2.78. The van der Waals surface area contributed by atoms with Gasteiger partial charge in [0.1, 0.15) is 5.78 Å². The summed E-state index contributed by atoms with van der Waals surface area (Å²) in [5.41, 5.74) is 0. The lowest BCUT2D eigenvalue weighted by atomic mass is 9.50. The third-order valence-electron chi connectivity index (χ3n) is 5.62. The molecule has 0 bridgehead atoms. The van der Waals surface area contributed by atoms with Gasteiger partial charge in [-0.1, -0.05) is 0 Å². The lowest BCUT2D eigenvalue weighted by Gasteiger charge is -2.52. The third kappa shape index (κ3) is 0.429. The third-order valence-corrected chi connectivity index (χ3v) is 7.50. The summed E-state index contributed by atoms with van der Waals surface area (Å²) in [4.78, 5) is 12.0. The second kappa shape index (κ2) is 1.62. The summed E-state index contributed by atoms with van der Waals surface area (Å²) in [5, 5.41) is 1.59. The Kier molecular flexibility index (Phi) is 0.809. The van der Waals surface area contributed by atoms with Gasteiger partial charge >= 0.3 is 0 Å². The summed E-state index contributed by atoms with van der Waals surface area (Å²) in [6, 6.07) is 0. The van der Waals surface area contributed by atoms with Gasteiger partial charge in [0.2, 0.25) is 0 Å². The second-order valence-electron chi connectivity index (χ2n) is 5.58. The number of thioether (sulfide) groups is 1. The molecule has 13 heavy (non-hydrogen) atoms. The van der Waals surface area contributed by atoms with Crippen LogP contribution in [0.4, 0.5) is 0 Å². The molecular formula is C11H12OS. The number of fused-ring (bicyclic) bond motifs is 9. The van der Waals surface area contributed by atoms with E-state index < -0.39 is 0 Å². The lowest BCUT2D eigenvalue weighted by molar-refractivity contribution is -0.126. The highest BCUT2D eigenvalue weighted by Gasteiger charge is 2.78. The first-order valence-corrected chi connectivity index (χ1v) is 6.51. The SMILES string of the molecule is O=C1C2C3CCC4C2SC2C1C3C42. The van der Waals surface area contributed by atoms with E-state index in [0.717, 1.165) is 34.2 Å². The first-order chi connectivity index (χ1) is 6.38. The van der Waals surface area contributed by atoms with Crippen LogP contribution in [0.15, 0.2) is 0 Å². The fourth-order valence-electron chi connectivity index (χ4n) is 5.42. The van der Waals surface area contributed by atoms with Crippen LogP contribution in [-0.2, 0) is 4.79 Å². The maximum Gasteiger partial charge on any atom is 0.141 e. The monoisotopic (exact) mass is 192 g/mol. The minimum Gasteiger partial charge on any atom is -0.299 e. The Morgan fingerprint density at radius 3 is 2.77 bits per heavy atom. The Morgan fingerprint density at radius 2 is 1.85 bits per heavy atom. The number of carbonyl (C=O) groups excluding carboxylic acids is 1. The van der Waals surface area contributed by atoms with Crippen molar-refractivity contribution in [3.8, 4) is 0 Å². The fourth-order valence-corrected chi connectivity index (χ4v) is 7.86. The minimum atomic E-state index is 0.536. The maximum atomic E-state index is 12.0. The van der Waals surface area contributed by atoms with Gasteiger partial charge in [0.15, 0.2) is 0 Å². The normalized spacial score (nSPS) is 74.9. The van der Waals surface area contributed by atoms with Gasteiger partial charge in [-0.25, -0.2) is 0 Å². The Bertz CT molecular complexity index is 335. The van der Waals surface area contributed by atoms with E-state index in [0.29, 0.717) is 17.6 Å². The Balaban J connectivity index is 1.84. The molecule has 0 radical (unpaired) electrons. The quantitative estimate of drug-likeness (QED) is 0.542. The van der Waals surface area contributed by atoms with Crippen molar-refractivity contribution in [1.82, 2.24) is 0 Å². The Hall–Kier alpha value is 0.0200. The summed E-state index contributed by atoms with van der Waals surface area (Å²) in [6.45, 7) is 0. The Labute approximate surface area is 81.6 Å². The predicted molar refractivity (Wildman–Crippen MR) is 50.3 cm³/mol. The average molecular weight is 192 g/mol. The van der Waals surface area contributed by atoms with Crippen molar-refractivity contribution in [3.05, 3.63) is 0 Å². The van der Waals surface area contributed by atoms with Crippen molar-refractivity contribution in [2.24, 2.45) is 35.5 Å². The number of ketones is 1. The summed E-state index contributed by atoms with van der Waals surface area (Å²) in [7, 11) is 0. The zero-order valence-corrected chi connectivity index (χ0v) is 8.17. The van der Waals surface area contributed by atoms with Crippen LogP contribution in [-0.4, -0.2) is 16.3 Å². The van der Waals surface area contributed by atoms with Crippen LogP contribution in [0.2, 0.25) is 0 Å². The largest absolute Gasteiger partial charge is 0.299 e. The van der Waals surface area contributed by atoms with Crippen molar-refractivity contribution in [2.45, 2.75) is 23.3 Å². The van der Waals surface area contributed by atoms with Crippen LogP contribution in [0, 0.1) is 35.5 Å². The van der Waals surface area contributed by atoms with E-state index in [-0.39, 0.29) is 0 Å². The maximum absolute atomic E-state index is 12.0. The minimum absolute atomic E-state index is 0.536. The van der Waals surface area contributed by atoms with Gasteiger partial charge < -0.3 is 0 Å². The molecule has 0 aromatic carbocycles. The topological polar surface area (TPSA) is 17.1 Å². The molecule has 2 heteroatoms. The van der Waals surface area contributed by atoms with Gasteiger partial charge in [-0.05, 0) is 36.5 Å². The molecule has 4 aliphatic rings. The van der Waals surface area contributed by atoms with Crippen molar-refractivity contribution in [3.63, 3.8) is 0 Å². The van der Waals surface area contributed by atoms with Crippen molar-refractivity contribution >= 4 is 17.5 Å². The molecule has 8 unspecified atom stereocenters. The summed E-state index contributed by atoms with van der Waals surface area (Å²) >= 11 is 2.21. The standard InChI is InChI=1S/C11H12OS/c12-9-7-3-1-2-4-6-5(3)8(9)11(6)13-10(4)7/h3-8,10-11H,1-2H2. The van der Waals surface area contributed by atoms with Gasteiger partial charge in [-0.15, -0.1) is 0 Å². The van der Waals surface area contributed by atoms with E-state index in [1.807, 2.05) is 0 Å². The fraction of sp³-hybridized carbons (Fsp3) is 0.909. The van der Waals surface area contributed by atoms with E-state index in [2.05, 4.69) is 11.8 Å².